The molecule has 7 nitrogen and oxygen atoms in total. The Bertz CT molecular complexity index is 5560. The summed E-state index contributed by atoms with van der Waals surface area (Å²) in [5.74, 6) is 2.55. The van der Waals surface area contributed by atoms with Crippen LogP contribution in [-0.4, -0.2) is 14.1 Å². The number of para-hydroxylation sites is 5. The van der Waals surface area contributed by atoms with Gasteiger partial charge in [-0.2, -0.15) is 12.1 Å². The molecule has 0 fully saturated rings. The van der Waals surface area contributed by atoms with Gasteiger partial charge in [0.1, 0.15) is 17.3 Å². The SMILES string of the molecule is [2H]c1c([2H])c([2H])c(-c2cccc(-c3c([2H])c([2H])c([2H])c([2H])c3[2H])c2N2[CH-]N(c3[c-]c(Oc4[c-]c5c(cc4)c4cc(-n6c7ccccc7c7ccccc76)ccc4n5-c4cc(Oc5c(-c6ccccc6)cc(C(C)(C)C)cc5-c5ccccc5)ccn4)ccc3)c3ccccc32)c([2H])c1[2H].[Pt]. The molecular formula is C82H58N5O2Pt-3. The van der Waals surface area contributed by atoms with Gasteiger partial charge in [0.05, 0.1) is 24.7 Å². The van der Waals surface area contributed by atoms with Crippen LogP contribution in [0.1, 0.15) is 40.0 Å². The summed E-state index contributed by atoms with van der Waals surface area (Å²) >= 11 is 0. The van der Waals surface area contributed by atoms with Crippen LogP contribution in [-0.2, 0) is 26.5 Å². The number of hydrogen-bond acceptors (Lipinski definition) is 5. The topological polar surface area (TPSA) is 47.7 Å². The van der Waals surface area contributed by atoms with Gasteiger partial charge in [0.2, 0.25) is 0 Å². The van der Waals surface area contributed by atoms with Gasteiger partial charge in [-0.15, -0.1) is 48.1 Å². The van der Waals surface area contributed by atoms with E-state index in [1.165, 1.54) is 5.56 Å². The van der Waals surface area contributed by atoms with Gasteiger partial charge in [0.25, 0.3) is 0 Å². The molecule has 0 N–H and O–H groups in total. The van der Waals surface area contributed by atoms with Crippen molar-refractivity contribution in [3.8, 4) is 79.0 Å². The zero-order chi connectivity index (χ0) is 68.3. The van der Waals surface area contributed by atoms with Crippen molar-refractivity contribution >= 4 is 66.4 Å². The first-order chi connectivity index (χ1) is 47.9. The van der Waals surface area contributed by atoms with Crippen LogP contribution in [0.2, 0.25) is 0 Å². The zero-order valence-electron chi connectivity index (χ0n) is 58.9. The van der Waals surface area contributed by atoms with E-state index in [0.717, 1.165) is 66.0 Å². The van der Waals surface area contributed by atoms with Gasteiger partial charge in [-0.25, -0.2) is 4.98 Å². The quantitative estimate of drug-likeness (QED) is 0.114. The van der Waals surface area contributed by atoms with Crippen molar-refractivity contribution < 1.29 is 44.2 Å². The predicted octanol–water partition coefficient (Wildman–Crippen LogP) is 21.8. The Labute approximate surface area is 552 Å². The van der Waals surface area contributed by atoms with E-state index in [0.29, 0.717) is 51.4 Å². The average molecular weight is 1350 g/mol. The number of pyridine rings is 1. The number of rotatable bonds is 12. The second kappa shape index (κ2) is 23.1. The molecule has 0 aliphatic carbocycles. The minimum atomic E-state index is -0.578. The van der Waals surface area contributed by atoms with Gasteiger partial charge >= 0.3 is 0 Å². The molecule has 16 rings (SSSR count). The van der Waals surface area contributed by atoms with Gasteiger partial charge in [-0.05, 0) is 99.3 Å². The van der Waals surface area contributed by atoms with Crippen molar-refractivity contribution in [2.45, 2.75) is 26.2 Å². The third-order valence-corrected chi connectivity index (χ3v) is 16.4. The van der Waals surface area contributed by atoms with Crippen molar-refractivity contribution in [1.29, 1.82) is 0 Å². The molecule has 436 valence electrons. The van der Waals surface area contributed by atoms with E-state index >= 15 is 0 Å². The van der Waals surface area contributed by atoms with E-state index < -0.39 is 60.4 Å². The van der Waals surface area contributed by atoms with E-state index in [1.807, 2.05) is 102 Å². The fraction of sp³-hybridized carbons (Fsp3) is 0.0488. The number of fused-ring (bicyclic) bond motifs is 7. The van der Waals surface area contributed by atoms with E-state index in [2.05, 4.69) is 145 Å². The number of nitrogens with zero attached hydrogens (tertiary/aromatic N) is 5. The first kappa shape index (κ1) is 45.5. The van der Waals surface area contributed by atoms with E-state index in [9.17, 15) is 0 Å². The van der Waals surface area contributed by atoms with Crippen molar-refractivity contribution in [3.05, 3.63) is 315 Å². The molecule has 4 heterocycles. The molecule has 0 bridgehead atoms. The van der Waals surface area contributed by atoms with Crippen LogP contribution in [0, 0.1) is 18.8 Å². The van der Waals surface area contributed by atoms with Crippen LogP contribution in [0.4, 0.5) is 22.7 Å². The van der Waals surface area contributed by atoms with E-state index in [-0.39, 0.29) is 54.4 Å². The van der Waals surface area contributed by atoms with Gasteiger partial charge in [0, 0.05) is 106 Å². The summed E-state index contributed by atoms with van der Waals surface area (Å²) in [6.45, 7) is 8.41. The summed E-state index contributed by atoms with van der Waals surface area (Å²) in [5, 5.41) is 4.13. The molecule has 8 heteroatoms. The Morgan fingerprint density at radius 2 is 1.01 bits per heavy atom. The van der Waals surface area contributed by atoms with Crippen molar-refractivity contribution in [2.24, 2.45) is 0 Å². The zero-order valence-corrected chi connectivity index (χ0v) is 51.2. The monoisotopic (exact) mass is 1350 g/mol. The molecule has 0 unspecified atom stereocenters. The molecule has 3 aromatic heterocycles. The smallest absolute Gasteiger partial charge is 0.143 e. The van der Waals surface area contributed by atoms with Crippen molar-refractivity contribution in [3.63, 3.8) is 0 Å². The molecule has 1 aliphatic heterocycles. The molecule has 90 heavy (non-hydrogen) atoms. The molecule has 1 aliphatic rings. The first-order valence-corrected chi connectivity index (χ1v) is 29.3. The molecule has 0 atom stereocenters. The maximum absolute atomic E-state index is 9.17. The number of benzene rings is 12. The summed E-state index contributed by atoms with van der Waals surface area (Å²) < 4.78 is 107. The number of aromatic nitrogens is 3. The second-order valence-corrected chi connectivity index (χ2v) is 22.9. The van der Waals surface area contributed by atoms with E-state index in [1.54, 1.807) is 42.0 Å². The Kier molecular flexibility index (Phi) is 11.7. The second-order valence-electron chi connectivity index (χ2n) is 22.9. The summed E-state index contributed by atoms with van der Waals surface area (Å²) in [7, 11) is 0. The molecule has 15 aromatic rings. The van der Waals surface area contributed by atoms with Crippen LogP contribution in [0.5, 0.6) is 23.0 Å². The number of hydrogen-bond donors (Lipinski definition) is 0. The maximum atomic E-state index is 9.17. The Morgan fingerprint density at radius 1 is 0.444 bits per heavy atom. The average Bonchev–Trinajstić information content (AvgIpc) is 1.71. The third-order valence-electron chi connectivity index (χ3n) is 16.4. The predicted molar refractivity (Wildman–Crippen MR) is 366 cm³/mol. The van der Waals surface area contributed by atoms with Crippen LogP contribution in [0.15, 0.2) is 291 Å². The molecule has 0 radical (unpaired) electrons. The van der Waals surface area contributed by atoms with Gasteiger partial charge < -0.3 is 28.4 Å². The first-order valence-electron chi connectivity index (χ1n) is 34.3. The van der Waals surface area contributed by atoms with Gasteiger partial charge in [0.15, 0.2) is 0 Å². The summed E-state index contributed by atoms with van der Waals surface area (Å²) in [4.78, 5) is 8.70. The number of ether oxygens (including phenoxy) is 2. The number of anilines is 4. The normalized spacial score (nSPS) is 13.8. The van der Waals surface area contributed by atoms with Crippen LogP contribution >= 0.6 is 0 Å². The van der Waals surface area contributed by atoms with Crippen LogP contribution < -0.4 is 19.3 Å². The summed E-state index contributed by atoms with van der Waals surface area (Å²) in [6.07, 6.45) is 1.77. The fourth-order valence-corrected chi connectivity index (χ4v) is 12.3. The Balaban J connectivity index is 0.00000812. The molecule has 0 spiro atoms. The van der Waals surface area contributed by atoms with Gasteiger partial charge in [-0.3, -0.25) is 0 Å². The standard InChI is InChI=1S/C82H58N5O2.Pt/c1-82(2,3)59-48-70(57-28-12-6-13-29-57)81(71(49-59)58-30-14-7-15-31-58)89-64-46-47-83-79(53-64)87-75-45-42-61(86-73-38-18-16-34-67(73)68-35-17-19-39-74(68)86)51-72(75)69-44-43-63(52-78(69)87)88-62-33-22-32-60(50-62)84-54-85(77-41-21-20-40-76(77)84)80-65(55-24-8-4-9-25-55)36-23-37-66(80)56-26-10-5-11-27-56;/h4-49,51,53-54H,1-3H3;/q-3;/i4D,5D,8D,9D,10D,11D,24D,25D,26D,27D;. The van der Waals surface area contributed by atoms with Crippen LogP contribution in [0.25, 0.3) is 99.6 Å². The molecule has 0 saturated carbocycles. The summed E-state index contributed by atoms with van der Waals surface area (Å²) in [5.41, 5.74) is 11.5. The molecule has 12 aromatic carbocycles. The molecular weight excluding hydrogens is 1280 g/mol. The maximum Gasteiger partial charge on any atom is 0.143 e. The van der Waals surface area contributed by atoms with E-state index in [4.69, 9.17) is 28.2 Å². The van der Waals surface area contributed by atoms with Gasteiger partial charge in [-0.1, -0.05) is 214 Å². The van der Waals surface area contributed by atoms with Crippen LogP contribution in [0.3, 0.4) is 0 Å². The summed E-state index contributed by atoms with van der Waals surface area (Å²) in [6, 6.07) is 75.9. The fourth-order valence-electron chi connectivity index (χ4n) is 12.3. The third kappa shape index (κ3) is 9.98. The minimum Gasteiger partial charge on any atom is -0.509 e. The Hall–Kier alpha value is -10.7. The Morgan fingerprint density at radius 3 is 1.64 bits per heavy atom. The van der Waals surface area contributed by atoms with Crippen molar-refractivity contribution in [1.82, 2.24) is 14.1 Å². The largest absolute Gasteiger partial charge is 0.509 e. The molecule has 0 amide bonds. The minimum absolute atomic E-state index is 0. The van der Waals surface area contributed by atoms with Crippen molar-refractivity contribution in [2.75, 3.05) is 9.80 Å². The molecule has 0 saturated heterocycles.